The van der Waals surface area contributed by atoms with Crippen molar-refractivity contribution in [1.29, 1.82) is 0 Å². The van der Waals surface area contributed by atoms with Gasteiger partial charge < -0.3 is 10.1 Å². The van der Waals surface area contributed by atoms with Gasteiger partial charge in [0.2, 0.25) is 5.91 Å². The highest BCUT2D eigenvalue weighted by molar-refractivity contribution is 8.00. The molecular weight excluding hydrogens is 342 g/mol. The molecule has 0 saturated heterocycles. The molecule has 9 heteroatoms. The van der Waals surface area contributed by atoms with Gasteiger partial charge in [-0.05, 0) is 18.2 Å². The monoisotopic (exact) mass is 354 g/mol. The zero-order valence-electron chi connectivity index (χ0n) is 12.4. The Balaban J connectivity index is 2.03. The van der Waals surface area contributed by atoms with E-state index in [-0.39, 0.29) is 27.8 Å². The van der Waals surface area contributed by atoms with Crippen molar-refractivity contribution in [3.05, 3.63) is 58.1 Å². The molecule has 0 unspecified atom stereocenters. The van der Waals surface area contributed by atoms with E-state index >= 15 is 0 Å². The second kappa shape index (κ2) is 7.73. The van der Waals surface area contributed by atoms with Crippen LogP contribution in [0.3, 0.4) is 0 Å². The zero-order chi connectivity index (χ0) is 17.7. The van der Waals surface area contributed by atoms with E-state index in [2.05, 4.69) is 5.32 Å². The fraction of sp³-hybridized carbons (Fsp3) is 0.133. The summed E-state index contributed by atoms with van der Waals surface area (Å²) in [6.07, 6.45) is 0. The third-order valence-corrected chi connectivity index (χ3v) is 3.97. The molecule has 1 amide bonds. The Kier molecular flexibility index (Phi) is 5.69. The van der Waals surface area contributed by atoms with Crippen LogP contribution >= 0.6 is 11.8 Å². The lowest BCUT2D eigenvalue weighted by atomic mass is 10.2. The van der Waals surface area contributed by atoms with Gasteiger partial charge in [0.15, 0.2) is 0 Å². The van der Waals surface area contributed by atoms with E-state index in [1.165, 1.54) is 31.4 Å². The number of benzene rings is 2. The van der Waals surface area contributed by atoms with Crippen LogP contribution in [0.25, 0.3) is 0 Å². The molecule has 0 bridgehead atoms. The molecule has 0 heterocycles. The third kappa shape index (κ3) is 4.42. The lowest BCUT2D eigenvalue weighted by molar-refractivity contribution is -0.384. The molecule has 0 aliphatic rings. The molecule has 0 spiro atoms. The summed E-state index contributed by atoms with van der Waals surface area (Å²) in [4.78, 5) is 22.2. The molecule has 2 aromatic carbocycles. The smallest absolute Gasteiger partial charge is 0.273 e. The van der Waals surface area contributed by atoms with Gasteiger partial charge in [-0.1, -0.05) is 0 Å². The Morgan fingerprint density at radius 2 is 2.04 bits per heavy atom. The van der Waals surface area contributed by atoms with E-state index in [9.17, 15) is 23.7 Å². The highest BCUT2D eigenvalue weighted by Crippen LogP contribution is 2.29. The first-order chi connectivity index (χ1) is 11.4. The van der Waals surface area contributed by atoms with E-state index in [1.54, 1.807) is 0 Å². The molecule has 0 aliphatic carbocycles. The van der Waals surface area contributed by atoms with Crippen molar-refractivity contribution in [2.45, 2.75) is 4.90 Å². The number of rotatable bonds is 6. The van der Waals surface area contributed by atoms with E-state index in [0.29, 0.717) is 0 Å². The molecule has 1 N–H and O–H groups in total. The second-order valence-corrected chi connectivity index (χ2v) is 5.57. The number of nitro groups is 1. The number of carbonyl (C=O) groups is 1. The van der Waals surface area contributed by atoms with Crippen molar-refractivity contribution in [3.63, 3.8) is 0 Å². The summed E-state index contributed by atoms with van der Waals surface area (Å²) in [6.45, 7) is 0. The number of nitrogens with one attached hydrogen (secondary N) is 1. The van der Waals surface area contributed by atoms with Gasteiger partial charge in [-0.25, -0.2) is 8.78 Å². The largest absolute Gasteiger partial charge is 0.494 e. The Labute approximate surface area is 140 Å². The normalized spacial score (nSPS) is 10.3. The van der Waals surface area contributed by atoms with Crippen molar-refractivity contribution >= 4 is 29.0 Å². The van der Waals surface area contributed by atoms with E-state index in [4.69, 9.17) is 4.74 Å². The Bertz CT molecular complexity index is 786. The van der Waals surface area contributed by atoms with Gasteiger partial charge in [-0.15, -0.1) is 11.8 Å². The topological polar surface area (TPSA) is 81.5 Å². The minimum Gasteiger partial charge on any atom is -0.494 e. The number of anilines is 1. The number of non-ortho nitro benzene ring substituents is 1. The van der Waals surface area contributed by atoms with Crippen molar-refractivity contribution in [2.75, 3.05) is 18.2 Å². The van der Waals surface area contributed by atoms with Crippen LogP contribution in [0.15, 0.2) is 41.3 Å². The van der Waals surface area contributed by atoms with Gasteiger partial charge in [0.05, 0.1) is 29.5 Å². The molecule has 2 aromatic rings. The highest BCUT2D eigenvalue weighted by Gasteiger charge is 2.14. The fourth-order valence-corrected chi connectivity index (χ4v) is 2.54. The summed E-state index contributed by atoms with van der Waals surface area (Å²) in [6, 6.07) is 6.84. The van der Waals surface area contributed by atoms with Crippen LogP contribution in [-0.4, -0.2) is 23.7 Å². The van der Waals surface area contributed by atoms with E-state index in [0.717, 1.165) is 23.9 Å². The summed E-state index contributed by atoms with van der Waals surface area (Å²) < 4.78 is 31.3. The van der Waals surface area contributed by atoms with Crippen LogP contribution in [0.5, 0.6) is 5.75 Å². The zero-order valence-corrected chi connectivity index (χ0v) is 13.2. The van der Waals surface area contributed by atoms with Gasteiger partial charge in [0.1, 0.15) is 17.4 Å². The Hall–Kier alpha value is -2.68. The predicted molar refractivity (Wildman–Crippen MR) is 85.4 cm³/mol. The van der Waals surface area contributed by atoms with Crippen molar-refractivity contribution in [3.8, 4) is 5.75 Å². The van der Waals surface area contributed by atoms with E-state index < -0.39 is 22.5 Å². The highest BCUT2D eigenvalue weighted by atomic mass is 32.2. The van der Waals surface area contributed by atoms with Gasteiger partial charge in [-0.2, -0.15) is 0 Å². The van der Waals surface area contributed by atoms with Crippen LogP contribution in [0.4, 0.5) is 20.2 Å². The number of nitrogens with zero attached hydrogens (tertiary/aromatic N) is 1. The van der Waals surface area contributed by atoms with Crippen LogP contribution < -0.4 is 10.1 Å². The SMILES string of the molecule is COc1cc([N+](=O)[O-])ccc1NC(=O)CSc1ccc(F)cc1F. The van der Waals surface area contributed by atoms with Gasteiger partial charge >= 0.3 is 0 Å². The minimum absolute atomic E-state index is 0.122. The summed E-state index contributed by atoms with van der Waals surface area (Å²) in [7, 11) is 1.32. The first-order valence-corrected chi connectivity index (χ1v) is 7.59. The minimum atomic E-state index is -0.749. The number of thioether (sulfide) groups is 1. The lowest BCUT2D eigenvalue weighted by Gasteiger charge is -2.10. The average Bonchev–Trinajstić information content (AvgIpc) is 2.54. The van der Waals surface area contributed by atoms with Gasteiger partial charge in [0, 0.05) is 17.0 Å². The number of hydrogen-bond donors (Lipinski definition) is 1. The first kappa shape index (κ1) is 17.7. The quantitative estimate of drug-likeness (QED) is 0.487. The fourth-order valence-electron chi connectivity index (χ4n) is 1.82. The third-order valence-electron chi connectivity index (χ3n) is 2.92. The van der Waals surface area contributed by atoms with Crippen LogP contribution in [0.1, 0.15) is 0 Å². The van der Waals surface area contributed by atoms with Crippen LogP contribution in [-0.2, 0) is 4.79 Å². The summed E-state index contributed by atoms with van der Waals surface area (Å²) >= 11 is 0.902. The second-order valence-electron chi connectivity index (χ2n) is 4.55. The number of halogens is 2. The number of nitro benzene ring substituents is 1. The van der Waals surface area contributed by atoms with Crippen molar-refractivity contribution in [1.82, 2.24) is 0 Å². The molecule has 24 heavy (non-hydrogen) atoms. The lowest BCUT2D eigenvalue weighted by Crippen LogP contribution is -2.14. The summed E-state index contributed by atoms with van der Waals surface area (Å²) in [5.74, 6) is -1.90. The molecule has 2 rings (SSSR count). The molecule has 0 atom stereocenters. The molecule has 6 nitrogen and oxygen atoms in total. The summed E-state index contributed by atoms with van der Waals surface area (Å²) in [5.41, 5.74) is 0.0842. The average molecular weight is 354 g/mol. The first-order valence-electron chi connectivity index (χ1n) is 6.61. The Morgan fingerprint density at radius 3 is 2.67 bits per heavy atom. The van der Waals surface area contributed by atoms with Crippen molar-refractivity contribution < 1.29 is 23.2 Å². The van der Waals surface area contributed by atoms with Crippen LogP contribution in [0, 0.1) is 21.7 Å². The molecule has 126 valence electrons. The molecule has 0 radical (unpaired) electrons. The molecule has 0 saturated carbocycles. The van der Waals surface area contributed by atoms with E-state index in [1.807, 2.05) is 0 Å². The Morgan fingerprint density at radius 1 is 1.29 bits per heavy atom. The number of ether oxygens (including phenoxy) is 1. The van der Waals surface area contributed by atoms with Crippen LogP contribution in [0.2, 0.25) is 0 Å². The molecular formula is C15H12F2N2O4S. The molecule has 0 fully saturated rings. The standard InChI is InChI=1S/C15H12F2N2O4S/c1-23-13-7-10(19(21)22)3-4-12(13)18-15(20)8-24-14-5-2-9(16)6-11(14)17/h2-7H,8H2,1H3,(H,18,20). The van der Waals surface area contributed by atoms with Gasteiger partial charge in [-0.3, -0.25) is 14.9 Å². The summed E-state index contributed by atoms with van der Waals surface area (Å²) in [5, 5.41) is 13.2. The van der Waals surface area contributed by atoms with Crippen molar-refractivity contribution in [2.24, 2.45) is 0 Å². The predicted octanol–water partition coefficient (Wildman–Crippen LogP) is 3.61. The number of carbonyl (C=O) groups excluding carboxylic acids is 1. The molecule has 0 aliphatic heterocycles. The maximum Gasteiger partial charge on any atom is 0.273 e. The molecule has 0 aromatic heterocycles. The number of hydrogen-bond acceptors (Lipinski definition) is 5. The number of methoxy groups -OCH3 is 1. The maximum atomic E-state index is 13.5. The van der Waals surface area contributed by atoms with Gasteiger partial charge in [0.25, 0.3) is 5.69 Å². The maximum absolute atomic E-state index is 13.5. The number of amides is 1.